The van der Waals surface area contributed by atoms with Gasteiger partial charge < -0.3 is 0 Å². The average Bonchev–Trinajstić information content (AvgIpc) is 2.67. The maximum atomic E-state index is 10.8. The van der Waals surface area contributed by atoms with E-state index < -0.39 is 10.1 Å². The van der Waals surface area contributed by atoms with E-state index in [0.717, 1.165) is 22.5 Å². The van der Waals surface area contributed by atoms with E-state index in [1.807, 2.05) is 30.3 Å². The third-order valence-corrected chi connectivity index (χ3v) is 4.21. The van der Waals surface area contributed by atoms with E-state index in [0.29, 0.717) is 0 Å². The number of thiophene rings is 1. The lowest BCUT2D eigenvalue weighted by atomic mass is 10.1. The first-order valence-corrected chi connectivity index (χ1v) is 6.51. The van der Waals surface area contributed by atoms with Crippen molar-refractivity contribution in [2.24, 2.45) is 0 Å². The van der Waals surface area contributed by atoms with E-state index >= 15 is 0 Å². The van der Waals surface area contributed by atoms with Crippen molar-refractivity contribution >= 4 is 21.5 Å². The van der Waals surface area contributed by atoms with Crippen LogP contribution >= 0.6 is 11.3 Å². The molecule has 2 rings (SSSR count). The molecule has 0 bridgehead atoms. The van der Waals surface area contributed by atoms with E-state index in [1.165, 1.54) is 6.07 Å². The lowest BCUT2D eigenvalue weighted by Gasteiger charge is -1.94. The third kappa shape index (κ3) is 2.26. The first kappa shape index (κ1) is 10.4. The molecular weight excluding hydrogens is 232 g/mol. The molecule has 2 aromatic rings. The second kappa shape index (κ2) is 3.77. The van der Waals surface area contributed by atoms with Crippen molar-refractivity contribution in [3.8, 4) is 11.1 Å². The summed E-state index contributed by atoms with van der Waals surface area (Å²) in [7, 11) is -4.07. The molecule has 0 saturated heterocycles. The van der Waals surface area contributed by atoms with Gasteiger partial charge >= 0.3 is 10.1 Å². The SMILES string of the molecule is O=S(=O)(O)c1cc(-c2ccccc2)cs1. The molecule has 15 heavy (non-hydrogen) atoms. The molecule has 0 spiro atoms. The zero-order valence-corrected chi connectivity index (χ0v) is 9.25. The van der Waals surface area contributed by atoms with Gasteiger partial charge in [0.15, 0.2) is 0 Å². The monoisotopic (exact) mass is 240 g/mol. The lowest BCUT2D eigenvalue weighted by molar-refractivity contribution is 0.485. The molecule has 0 amide bonds. The Morgan fingerprint density at radius 3 is 2.27 bits per heavy atom. The molecule has 0 aliphatic heterocycles. The number of benzene rings is 1. The van der Waals surface area contributed by atoms with Crippen LogP contribution in [-0.4, -0.2) is 13.0 Å². The molecule has 1 heterocycles. The quantitative estimate of drug-likeness (QED) is 0.821. The maximum Gasteiger partial charge on any atom is 0.304 e. The molecular formula is C10H8O3S2. The molecule has 0 radical (unpaired) electrons. The summed E-state index contributed by atoms with van der Waals surface area (Å²) in [5, 5.41) is 1.71. The average molecular weight is 240 g/mol. The normalized spacial score (nSPS) is 11.5. The Balaban J connectivity index is 2.46. The van der Waals surface area contributed by atoms with Crippen molar-refractivity contribution in [1.29, 1.82) is 0 Å². The van der Waals surface area contributed by atoms with Crippen LogP contribution in [0, 0.1) is 0 Å². The van der Waals surface area contributed by atoms with Crippen LogP contribution in [0.5, 0.6) is 0 Å². The van der Waals surface area contributed by atoms with Gasteiger partial charge in [-0.15, -0.1) is 11.3 Å². The van der Waals surface area contributed by atoms with Crippen molar-refractivity contribution in [3.05, 3.63) is 41.8 Å². The Kier molecular flexibility index (Phi) is 2.60. The molecule has 0 unspecified atom stereocenters. The molecule has 0 aliphatic rings. The van der Waals surface area contributed by atoms with Gasteiger partial charge in [0.2, 0.25) is 0 Å². The second-order valence-electron chi connectivity index (χ2n) is 3.00. The molecule has 3 nitrogen and oxygen atoms in total. The van der Waals surface area contributed by atoms with E-state index in [1.54, 1.807) is 5.38 Å². The van der Waals surface area contributed by atoms with Crippen LogP contribution < -0.4 is 0 Å². The van der Waals surface area contributed by atoms with Gasteiger partial charge in [0, 0.05) is 5.38 Å². The van der Waals surface area contributed by atoms with Gasteiger partial charge in [-0.25, -0.2) is 0 Å². The maximum absolute atomic E-state index is 10.8. The van der Waals surface area contributed by atoms with E-state index in [4.69, 9.17) is 4.55 Å². The van der Waals surface area contributed by atoms with E-state index in [-0.39, 0.29) is 4.21 Å². The molecule has 1 aromatic heterocycles. The smallest absolute Gasteiger partial charge is 0.281 e. The van der Waals surface area contributed by atoms with Crippen molar-refractivity contribution in [2.45, 2.75) is 4.21 Å². The fourth-order valence-corrected chi connectivity index (χ4v) is 2.78. The Labute approximate surface area is 91.8 Å². The summed E-state index contributed by atoms with van der Waals surface area (Å²) in [6.07, 6.45) is 0. The van der Waals surface area contributed by atoms with Crippen LogP contribution in [0.4, 0.5) is 0 Å². The highest BCUT2D eigenvalue weighted by atomic mass is 32.3. The molecule has 78 valence electrons. The Morgan fingerprint density at radius 1 is 1.07 bits per heavy atom. The van der Waals surface area contributed by atoms with Crippen LogP contribution in [-0.2, 0) is 10.1 Å². The molecule has 0 fully saturated rings. The Hall–Kier alpha value is -1.17. The van der Waals surface area contributed by atoms with Crippen molar-refractivity contribution in [1.82, 2.24) is 0 Å². The molecule has 0 aliphatic carbocycles. The molecule has 5 heteroatoms. The summed E-state index contributed by atoms with van der Waals surface area (Å²) in [5.74, 6) is 0. The lowest BCUT2D eigenvalue weighted by Crippen LogP contribution is -1.93. The van der Waals surface area contributed by atoms with Crippen LogP contribution in [0.2, 0.25) is 0 Å². The van der Waals surface area contributed by atoms with Gasteiger partial charge in [-0.1, -0.05) is 30.3 Å². The van der Waals surface area contributed by atoms with Gasteiger partial charge in [-0.05, 0) is 17.2 Å². The first-order valence-electron chi connectivity index (χ1n) is 4.19. The van der Waals surface area contributed by atoms with Gasteiger partial charge in [0.1, 0.15) is 4.21 Å². The molecule has 0 saturated carbocycles. The third-order valence-electron chi connectivity index (χ3n) is 1.94. The Morgan fingerprint density at radius 2 is 1.73 bits per heavy atom. The number of hydrogen-bond acceptors (Lipinski definition) is 3. The van der Waals surface area contributed by atoms with Crippen LogP contribution in [0.1, 0.15) is 0 Å². The topological polar surface area (TPSA) is 54.4 Å². The minimum Gasteiger partial charge on any atom is -0.281 e. The highest BCUT2D eigenvalue weighted by molar-refractivity contribution is 7.88. The largest absolute Gasteiger partial charge is 0.304 e. The predicted octanol–water partition coefficient (Wildman–Crippen LogP) is 2.66. The molecule has 1 N–H and O–H groups in total. The van der Waals surface area contributed by atoms with Crippen molar-refractivity contribution in [3.63, 3.8) is 0 Å². The number of hydrogen-bond donors (Lipinski definition) is 1. The summed E-state index contributed by atoms with van der Waals surface area (Å²) >= 11 is 1.01. The summed E-state index contributed by atoms with van der Waals surface area (Å²) < 4.78 is 30.5. The van der Waals surface area contributed by atoms with E-state index in [2.05, 4.69) is 0 Å². The van der Waals surface area contributed by atoms with Crippen molar-refractivity contribution in [2.75, 3.05) is 0 Å². The number of rotatable bonds is 2. The van der Waals surface area contributed by atoms with E-state index in [9.17, 15) is 8.42 Å². The fraction of sp³-hybridized carbons (Fsp3) is 0. The summed E-state index contributed by atoms with van der Waals surface area (Å²) in [6, 6.07) is 10.9. The zero-order valence-electron chi connectivity index (χ0n) is 7.62. The van der Waals surface area contributed by atoms with Gasteiger partial charge in [0.25, 0.3) is 0 Å². The minimum absolute atomic E-state index is 0.0265. The zero-order chi connectivity index (χ0) is 10.9. The standard InChI is InChI=1S/C10H8O3S2/c11-15(12,13)10-6-9(7-14-10)8-4-2-1-3-5-8/h1-7H,(H,11,12,13). The van der Waals surface area contributed by atoms with Gasteiger partial charge in [-0.2, -0.15) is 8.42 Å². The summed E-state index contributed by atoms with van der Waals surface area (Å²) in [5.41, 5.74) is 1.73. The molecule has 1 aromatic carbocycles. The predicted molar refractivity (Wildman–Crippen MR) is 59.6 cm³/mol. The van der Waals surface area contributed by atoms with Gasteiger partial charge in [-0.3, -0.25) is 4.55 Å². The highest BCUT2D eigenvalue weighted by Crippen LogP contribution is 2.27. The van der Waals surface area contributed by atoms with Crippen molar-refractivity contribution < 1.29 is 13.0 Å². The fourth-order valence-electron chi connectivity index (χ4n) is 1.23. The highest BCUT2D eigenvalue weighted by Gasteiger charge is 2.12. The minimum atomic E-state index is -4.07. The summed E-state index contributed by atoms with van der Waals surface area (Å²) in [6.45, 7) is 0. The van der Waals surface area contributed by atoms with Gasteiger partial charge in [0.05, 0.1) is 0 Å². The first-order chi connectivity index (χ1) is 7.07. The summed E-state index contributed by atoms with van der Waals surface area (Å²) in [4.78, 5) is 0. The van der Waals surface area contributed by atoms with Crippen LogP contribution in [0.25, 0.3) is 11.1 Å². The van der Waals surface area contributed by atoms with Crippen LogP contribution in [0.3, 0.4) is 0 Å². The second-order valence-corrected chi connectivity index (χ2v) is 5.56. The van der Waals surface area contributed by atoms with Crippen LogP contribution in [0.15, 0.2) is 46.0 Å². The molecule has 0 atom stereocenters. The Bertz CT molecular complexity index is 555.